The van der Waals surface area contributed by atoms with Crippen LogP contribution in [0.2, 0.25) is 0 Å². The van der Waals surface area contributed by atoms with Crippen LogP contribution in [0.5, 0.6) is 0 Å². The van der Waals surface area contributed by atoms with Crippen molar-refractivity contribution in [3.05, 3.63) is 49.7 Å². The minimum absolute atomic E-state index is 0.0443. The number of ether oxygens (including phenoxy) is 1. The molecule has 0 bridgehead atoms. The molecule has 2 aliphatic carbocycles. The lowest BCUT2D eigenvalue weighted by atomic mass is 9.94. The summed E-state index contributed by atoms with van der Waals surface area (Å²) in [6.45, 7) is 20.5. The van der Waals surface area contributed by atoms with Gasteiger partial charge < -0.3 is 25.2 Å². The van der Waals surface area contributed by atoms with Crippen LogP contribution in [0.1, 0.15) is 65.2 Å². The molecule has 4 rings (SSSR count). The number of carbonyl (C=O) groups excluding carboxylic acids is 2. The Kier molecular flexibility index (Phi) is 11.0. The number of primary amides is 1. The van der Waals surface area contributed by atoms with Crippen LogP contribution in [0.3, 0.4) is 0 Å². The summed E-state index contributed by atoms with van der Waals surface area (Å²) in [5.41, 5.74) is 5.74. The zero-order chi connectivity index (χ0) is 29.5. The average molecular weight is 563 g/mol. The van der Waals surface area contributed by atoms with E-state index in [0.717, 1.165) is 77.8 Å². The number of allylic oxidation sites excluding steroid dienone is 4. The first-order valence-corrected chi connectivity index (χ1v) is 14.6. The summed E-state index contributed by atoms with van der Waals surface area (Å²) in [5.74, 6) is -4.29. The second-order valence-electron chi connectivity index (χ2n) is 11.9. The third kappa shape index (κ3) is 7.74. The molecule has 2 heterocycles. The van der Waals surface area contributed by atoms with Gasteiger partial charge in [0.1, 0.15) is 5.92 Å². The average Bonchev–Trinajstić information content (AvgIpc) is 3.24. The standard InChI is InChI=1S/C27H43N3O2.C4H5F2NO/c1-6-10-23(7-2)11-9-16-28(8-3)25-12-15-27(19-25)21-29(26(31)30(27)22(4)5)20-24-13-17-32-18-14-24;5-4(6)1-2(4)3(7)8/h6-8,10,22,24-25H,1-3,9,11-21H2,4-5H3;2H,1H2,(H2,7,8)/b23-10+;. The summed E-state index contributed by atoms with van der Waals surface area (Å²) in [7, 11) is 0. The minimum Gasteiger partial charge on any atom is -0.381 e. The largest absolute Gasteiger partial charge is 0.381 e. The van der Waals surface area contributed by atoms with Crippen molar-refractivity contribution in [2.75, 3.05) is 32.8 Å². The Morgan fingerprint density at radius 1 is 1.20 bits per heavy atom. The van der Waals surface area contributed by atoms with Gasteiger partial charge in [0.15, 0.2) is 0 Å². The lowest BCUT2D eigenvalue weighted by Crippen LogP contribution is -2.50. The zero-order valence-corrected chi connectivity index (χ0v) is 24.3. The van der Waals surface area contributed by atoms with E-state index in [1.54, 1.807) is 0 Å². The molecule has 3 amide bonds. The molecular weight excluding hydrogens is 514 g/mol. The van der Waals surface area contributed by atoms with Crippen LogP contribution in [-0.2, 0) is 9.53 Å². The molecule has 2 N–H and O–H groups in total. The van der Waals surface area contributed by atoms with E-state index in [9.17, 15) is 18.4 Å². The van der Waals surface area contributed by atoms with Crippen LogP contribution in [0.25, 0.3) is 0 Å². The molecule has 2 aliphatic heterocycles. The van der Waals surface area contributed by atoms with E-state index in [1.165, 1.54) is 5.57 Å². The van der Waals surface area contributed by atoms with E-state index in [2.05, 4.69) is 54.0 Å². The van der Waals surface area contributed by atoms with Crippen molar-refractivity contribution in [2.24, 2.45) is 17.6 Å². The number of halogens is 2. The monoisotopic (exact) mass is 562 g/mol. The van der Waals surface area contributed by atoms with E-state index in [4.69, 9.17) is 4.74 Å². The van der Waals surface area contributed by atoms with Crippen LogP contribution in [0, 0.1) is 11.8 Å². The van der Waals surface area contributed by atoms with Crippen molar-refractivity contribution in [1.29, 1.82) is 0 Å². The highest BCUT2D eigenvalue weighted by Crippen LogP contribution is 2.48. The molecule has 224 valence electrons. The number of hydrogen-bond acceptors (Lipinski definition) is 4. The van der Waals surface area contributed by atoms with Gasteiger partial charge in [-0.2, -0.15) is 0 Å². The smallest absolute Gasteiger partial charge is 0.320 e. The van der Waals surface area contributed by atoms with Gasteiger partial charge in [-0.05, 0) is 76.5 Å². The van der Waals surface area contributed by atoms with Crippen molar-refractivity contribution in [3.63, 3.8) is 0 Å². The topological polar surface area (TPSA) is 79.1 Å². The maximum Gasteiger partial charge on any atom is 0.320 e. The van der Waals surface area contributed by atoms with Gasteiger partial charge >= 0.3 is 6.03 Å². The van der Waals surface area contributed by atoms with Crippen molar-refractivity contribution >= 4 is 11.9 Å². The lowest BCUT2D eigenvalue weighted by Gasteiger charge is -2.37. The molecule has 2 saturated carbocycles. The molecule has 0 radical (unpaired) electrons. The number of nitrogens with zero attached hydrogens (tertiary/aromatic N) is 3. The van der Waals surface area contributed by atoms with Gasteiger partial charge in [-0.3, -0.25) is 4.79 Å². The molecule has 0 aromatic heterocycles. The Bertz CT molecular complexity index is 962. The summed E-state index contributed by atoms with van der Waals surface area (Å²) < 4.78 is 29.0. The second-order valence-corrected chi connectivity index (χ2v) is 11.9. The van der Waals surface area contributed by atoms with Crippen LogP contribution >= 0.6 is 0 Å². The molecule has 0 aromatic rings. The maximum atomic E-state index is 13.4. The molecule has 4 fully saturated rings. The van der Waals surface area contributed by atoms with Gasteiger partial charge in [0, 0.05) is 51.4 Å². The third-order valence-corrected chi connectivity index (χ3v) is 8.72. The first-order valence-electron chi connectivity index (χ1n) is 14.6. The Balaban J connectivity index is 0.000000472. The Morgan fingerprint density at radius 3 is 2.38 bits per heavy atom. The summed E-state index contributed by atoms with van der Waals surface area (Å²) in [4.78, 5) is 30.1. The summed E-state index contributed by atoms with van der Waals surface area (Å²) >= 11 is 0. The molecule has 0 aromatic carbocycles. The molecule has 2 saturated heterocycles. The summed E-state index contributed by atoms with van der Waals surface area (Å²) in [6.07, 6.45) is 14.8. The van der Waals surface area contributed by atoms with Crippen molar-refractivity contribution < 1.29 is 23.1 Å². The van der Waals surface area contributed by atoms with Gasteiger partial charge in [-0.1, -0.05) is 38.0 Å². The fraction of sp³-hybridized carbons (Fsp3) is 0.677. The molecule has 4 aliphatic rings. The number of urea groups is 1. The van der Waals surface area contributed by atoms with E-state index in [0.29, 0.717) is 12.0 Å². The maximum absolute atomic E-state index is 13.4. The predicted octanol–water partition coefficient (Wildman–Crippen LogP) is 5.50. The molecule has 40 heavy (non-hydrogen) atoms. The molecule has 9 heteroatoms. The van der Waals surface area contributed by atoms with Gasteiger partial charge in [0.05, 0.1) is 5.54 Å². The van der Waals surface area contributed by atoms with Gasteiger partial charge in [0.2, 0.25) is 5.91 Å². The fourth-order valence-corrected chi connectivity index (χ4v) is 6.55. The highest BCUT2D eigenvalue weighted by atomic mass is 19.3. The number of alkyl halides is 2. The SMILES string of the molecule is C=C/C=C(\C=C)CCCN(C=C)C1CCC2(C1)CN(CC1CCOCC1)C(=O)N2C(C)C.NC(=O)C1CC1(F)F. The molecule has 1 spiro atoms. The quantitative estimate of drug-likeness (QED) is 0.319. The van der Waals surface area contributed by atoms with Crippen molar-refractivity contribution in [1.82, 2.24) is 14.7 Å². The van der Waals surface area contributed by atoms with E-state index in [1.807, 2.05) is 24.4 Å². The Hall–Kier alpha value is -2.68. The Labute approximate surface area is 238 Å². The van der Waals surface area contributed by atoms with Gasteiger partial charge in [-0.15, -0.1) is 0 Å². The van der Waals surface area contributed by atoms with Crippen LogP contribution in [-0.4, -0.2) is 83.0 Å². The van der Waals surface area contributed by atoms with Crippen LogP contribution < -0.4 is 5.73 Å². The van der Waals surface area contributed by atoms with Gasteiger partial charge in [0.25, 0.3) is 5.92 Å². The summed E-state index contributed by atoms with van der Waals surface area (Å²) in [5, 5.41) is 0. The first kappa shape index (κ1) is 31.8. The number of amides is 3. The van der Waals surface area contributed by atoms with E-state index < -0.39 is 17.7 Å². The van der Waals surface area contributed by atoms with Crippen molar-refractivity contribution in [3.8, 4) is 0 Å². The van der Waals surface area contributed by atoms with Gasteiger partial charge in [-0.25, -0.2) is 13.6 Å². The van der Waals surface area contributed by atoms with E-state index in [-0.39, 0.29) is 24.0 Å². The highest BCUT2D eigenvalue weighted by molar-refractivity contribution is 5.81. The molecule has 3 unspecified atom stereocenters. The third-order valence-electron chi connectivity index (χ3n) is 8.72. The number of nitrogens with two attached hydrogens (primary N) is 1. The predicted molar refractivity (Wildman–Crippen MR) is 155 cm³/mol. The number of carbonyl (C=O) groups is 2. The normalized spacial score (nSPS) is 27.9. The Morgan fingerprint density at radius 2 is 1.88 bits per heavy atom. The fourth-order valence-electron chi connectivity index (χ4n) is 6.55. The van der Waals surface area contributed by atoms with Crippen LogP contribution in [0.4, 0.5) is 13.6 Å². The summed E-state index contributed by atoms with van der Waals surface area (Å²) in [6, 6.07) is 0.903. The van der Waals surface area contributed by atoms with Crippen LogP contribution in [0.15, 0.2) is 49.7 Å². The molecule has 7 nitrogen and oxygen atoms in total. The molecular formula is C31H48F2N4O3. The number of rotatable bonds is 12. The van der Waals surface area contributed by atoms with Crippen molar-refractivity contribution in [2.45, 2.75) is 88.8 Å². The second kappa shape index (κ2) is 13.8. The van der Waals surface area contributed by atoms with E-state index >= 15 is 0 Å². The minimum atomic E-state index is -2.79. The highest BCUT2D eigenvalue weighted by Gasteiger charge is 2.60. The molecule has 3 atom stereocenters. The number of hydrogen-bond donors (Lipinski definition) is 1. The zero-order valence-electron chi connectivity index (χ0n) is 24.3. The lowest BCUT2D eigenvalue weighted by molar-refractivity contribution is -0.121. The first-order chi connectivity index (χ1) is 19.0.